The van der Waals surface area contributed by atoms with Crippen molar-refractivity contribution in [2.45, 2.75) is 12.6 Å². The number of aliphatic imine (C=N–C) groups is 1. The van der Waals surface area contributed by atoms with Crippen molar-refractivity contribution in [1.29, 1.82) is 0 Å². The van der Waals surface area contributed by atoms with E-state index in [2.05, 4.69) is 10.3 Å². The lowest BCUT2D eigenvalue weighted by Gasteiger charge is -2.09. The van der Waals surface area contributed by atoms with E-state index in [-0.39, 0.29) is 23.9 Å². The Kier molecular flexibility index (Phi) is 6.91. The maximum Gasteiger partial charge on any atom is 0.417 e. The summed E-state index contributed by atoms with van der Waals surface area (Å²) in [6.07, 6.45) is -3.15. The number of hydrogen-bond donors (Lipinski definition) is 2. The van der Waals surface area contributed by atoms with Gasteiger partial charge in [-0.2, -0.15) is 13.2 Å². The number of amides is 1. The molecule has 0 spiro atoms. The lowest BCUT2D eigenvalue weighted by atomic mass is 10.2. The smallest absolute Gasteiger partial charge is 0.417 e. The van der Waals surface area contributed by atoms with Gasteiger partial charge in [0.25, 0.3) is 5.91 Å². The summed E-state index contributed by atoms with van der Waals surface area (Å²) in [5.74, 6) is -0.913. The van der Waals surface area contributed by atoms with Gasteiger partial charge in [0, 0.05) is 0 Å². The highest BCUT2D eigenvalue weighted by atomic mass is 35.5. The van der Waals surface area contributed by atoms with Crippen LogP contribution in [0.2, 0.25) is 5.02 Å². The topological polar surface area (TPSA) is 88.0 Å². The number of nitrogens with zero attached hydrogens (tertiary/aromatic N) is 1. The summed E-state index contributed by atoms with van der Waals surface area (Å²) in [7, 11) is 0. The van der Waals surface area contributed by atoms with Crippen molar-refractivity contribution in [3.8, 4) is 5.75 Å². The predicted octanol–water partition coefficient (Wildman–Crippen LogP) is 5.10. The number of ether oxygens (including phenoxy) is 1. The van der Waals surface area contributed by atoms with Crippen LogP contribution in [0.5, 0.6) is 5.75 Å². The second-order valence-corrected chi connectivity index (χ2v) is 7.64. The molecule has 11 heteroatoms. The zero-order valence-corrected chi connectivity index (χ0v) is 17.1. The number of nitrogens with one attached hydrogen (secondary N) is 1. The van der Waals surface area contributed by atoms with Crippen LogP contribution < -0.4 is 10.1 Å². The molecular formula is C20H14ClF3N2O4S. The number of rotatable bonds is 6. The van der Waals surface area contributed by atoms with Gasteiger partial charge in [0.2, 0.25) is 0 Å². The molecule has 31 heavy (non-hydrogen) atoms. The third kappa shape index (κ3) is 6.25. The molecule has 1 fully saturated rings. The van der Waals surface area contributed by atoms with Crippen molar-refractivity contribution in [3.63, 3.8) is 0 Å². The summed E-state index contributed by atoms with van der Waals surface area (Å²) in [6.45, 7) is 0.0363. The van der Waals surface area contributed by atoms with Crippen LogP contribution in [0.3, 0.4) is 0 Å². The second kappa shape index (κ2) is 9.44. The van der Waals surface area contributed by atoms with Gasteiger partial charge >= 0.3 is 12.1 Å². The molecule has 2 aromatic rings. The van der Waals surface area contributed by atoms with Crippen LogP contribution in [0.4, 0.5) is 18.9 Å². The highest BCUT2D eigenvalue weighted by molar-refractivity contribution is 8.18. The Morgan fingerprint density at radius 3 is 2.58 bits per heavy atom. The summed E-state index contributed by atoms with van der Waals surface area (Å²) >= 11 is 6.59. The molecule has 2 N–H and O–H groups in total. The molecule has 162 valence electrons. The number of thioether (sulfide) groups is 1. The molecule has 0 unspecified atom stereocenters. The molecule has 0 atom stereocenters. The molecule has 0 saturated carbocycles. The van der Waals surface area contributed by atoms with Crippen molar-refractivity contribution in [2.75, 3.05) is 6.61 Å². The van der Waals surface area contributed by atoms with Gasteiger partial charge in [-0.1, -0.05) is 23.7 Å². The zero-order chi connectivity index (χ0) is 22.6. The van der Waals surface area contributed by atoms with Gasteiger partial charge in [0.1, 0.15) is 5.75 Å². The van der Waals surface area contributed by atoms with Gasteiger partial charge in [-0.25, -0.2) is 4.99 Å². The maximum absolute atomic E-state index is 13.0. The minimum absolute atomic E-state index is 0.00337. The lowest BCUT2D eigenvalue weighted by molar-refractivity contribution is -0.138. The maximum atomic E-state index is 13.0. The van der Waals surface area contributed by atoms with Crippen LogP contribution in [-0.2, 0) is 15.8 Å². The SMILES string of the molecule is O=C(O)CCOc1ccc(/C=C2/SC(=Nc3ccc(Cl)c(C(F)(F)F)c3)NC2=O)cc1. The molecule has 0 radical (unpaired) electrons. The Bertz CT molecular complexity index is 1070. The highest BCUT2D eigenvalue weighted by Gasteiger charge is 2.33. The van der Waals surface area contributed by atoms with E-state index in [0.29, 0.717) is 16.2 Å². The number of aliphatic carboxylic acids is 1. The molecule has 1 aliphatic heterocycles. The van der Waals surface area contributed by atoms with E-state index in [1.165, 1.54) is 6.07 Å². The van der Waals surface area contributed by atoms with E-state index < -0.39 is 28.6 Å². The van der Waals surface area contributed by atoms with Crippen molar-refractivity contribution in [2.24, 2.45) is 4.99 Å². The summed E-state index contributed by atoms with van der Waals surface area (Å²) in [4.78, 5) is 27.0. The van der Waals surface area contributed by atoms with Gasteiger partial charge in [0.15, 0.2) is 5.17 Å². The number of amidine groups is 1. The average molecular weight is 471 g/mol. The number of benzene rings is 2. The van der Waals surface area contributed by atoms with Gasteiger partial charge in [0.05, 0.1) is 34.2 Å². The first kappa shape index (κ1) is 22.7. The van der Waals surface area contributed by atoms with E-state index in [1.54, 1.807) is 30.3 Å². The van der Waals surface area contributed by atoms with Crippen molar-refractivity contribution in [1.82, 2.24) is 5.32 Å². The molecule has 3 rings (SSSR count). The van der Waals surface area contributed by atoms with E-state index in [0.717, 1.165) is 23.9 Å². The first-order valence-corrected chi connectivity index (χ1v) is 9.92. The second-order valence-electron chi connectivity index (χ2n) is 6.20. The minimum Gasteiger partial charge on any atom is -0.493 e. The summed E-state index contributed by atoms with van der Waals surface area (Å²) in [5.41, 5.74) is -0.328. The van der Waals surface area contributed by atoms with Crippen molar-refractivity contribution >= 4 is 52.2 Å². The molecule has 1 aliphatic rings. The van der Waals surface area contributed by atoms with Gasteiger partial charge in [-0.05, 0) is 53.7 Å². The standard InChI is InChI=1S/C20H14ClF3N2O4S/c21-15-6-3-12(10-14(15)20(22,23)24)25-19-26-18(29)16(31-19)9-11-1-4-13(5-2-11)30-8-7-17(27)28/h1-6,9-10H,7-8H2,(H,27,28)(H,25,26,29)/b16-9+. The predicted molar refractivity (Wildman–Crippen MR) is 111 cm³/mol. The molecular weight excluding hydrogens is 457 g/mol. The van der Waals surface area contributed by atoms with E-state index >= 15 is 0 Å². The first-order valence-electron chi connectivity index (χ1n) is 8.73. The Morgan fingerprint density at radius 2 is 1.94 bits per heavy atom. The van der Waals surface area contributed by atoms with Crippen LogP contribution in [0, 0.1) is 0 Å². The zero-order valence-electron chi connectivity index (χ0n) is 15.6. The highest BCUT2D eigenvalue weighted by Crippen LogP contribution is 2.37. The largest absolute Gasteiger partial charge is 0.493 e. The average Bonchev–Trinajstić information content (AvgIpc) is 3.02. The Hall–Kier alpha value is -2.98. The summed E-state index contributed by atoms with van der Waals surface area (Å²) in [6, 6.07) is 9.86. The number of alkyl halides is 3. The molecule has 0 aromatic heterocycles. The molecule has 0 bridgehead atoms. The van der Waals surface area contributed by atoms with Crippen LogP contribution in [0.1, 0.15) is 17.5 Å². The third-order valence-corrected chi connectivity index (χ3v) is 5.14. The Labute approximate surface area is 183 Å². The number of hydrogen-bond acceptors (Lipinski definition) is 5. The monoisotopic (exact) mass is 470 g/mol. The number of carbonyl (C=O) groups is 2. The van der Waals surface area contributed by atoms with Crippen molar-refractivity contribution in [3.05, 3.63) is 63.5 Å². The van der Waals surface area contributed by atoms with Crippen LogP contribution in [-0.4, -0.2) is 28.8 Å². The fourth-order valence-electron chi connectivity index (χ4n) is 2.47. The molecule has 2 aromatic carbocycles. The first-order chi connectivity index (χ1) is 14.6. The summed E-state index contributed by atoms with van der Waals surface area (Å²) in [5, 5.41) is 10.8. The third-order valence-electron chi connectivity index (χ3n) is 3.90. The van der Waals surface area contributed by atoms with Crippen LogP contribution >= 0.6 is 23.4 Å². The lowest BCUT2D eigenvalue weighted by Crippen LogP contribution is -2.19. The number of carbonyl (C=O) groups excluding carboxylic acids is 1. The van der Waals surface area contributed by atoms with Crippen molar-refractivity contribution < 1.29 is 32.6 Å². The fourth-order valence-corrected chi connectivity index (χ4v) is 3.53. The normalized spacial score (nSPS) is 16.6. The minimum atomic E-state index is -4.62. The Balaban J connectivity index is 1.71. The van der Waals surface area contributed by atoms with Gasteiger partial charge in [-0.3, -0.25) is 9.59 Å². The molecule has 1 saturated heterocycles. The Morgan fingerprint density at radius 1 is 1.23 bits per heavy atom. The number of carboxylic acids is 1. The van der Waals surface area contributed by atoms with E-state index in [4.69, 9.17) is 21.4 Å². The number of carboxylic acid groups (broad SMARTS) is 1. The van der Waals surface area contributed by atoms with Crippen LogP contribution in [0.25, 0.3) is 6.08 Å². The van der Waals surface area contributed by atoms with Crippen LogP contribution in [0.15, 0.2) is 52.4 Å². The molecule has 0 aliphatic carbocycles. The molecule has 1 heterocycles. The fraction of sp³-hybridized carbons (Fsp3) is 0.150. The van der Waals surface area contributed by atoms with Gasteiger partial charge in [-0.15, -0.1) is 0 Å². The quantitative estimate of drug-likeness (QED) is 0.573. The van der Waals surface area contributed by atoms with E-state index in [9.17, 15) is 22.8 Å². The van der Waals surface area contributed by atoms with E-state index in [1.807, 2.05) is 0 Å². The number of halogens is 4. The summed E-state index contributed by atoms with van der Waals surface area (Å²) < 4.78 is 44.3. The molecule has 1 amide bonds. The molecule has 6 nitrogen and oxygen atoms in total. The van der Waals surface area contributed by atoms with Gasteiger partial charge < -0.3 is 15.2 Å².